The Hall–Kier alpha value is -1.30. The summed E-state index contributed by atoms with van der Waals surface area (Å²) in [4.78, 5) is 11.3. The molecule has 0 saturated heterocycles. The molecule has 0 atom stereocenters. The van der Waals surface area contributed by atoms with Crippen LogP contribution in [0.4, 0.5) is 14.5 Å². The molecule has 1 rings (SSSR count). The number of thioether (sulfide) groups is 1. The summed E-state index contributed by atoms with van der Waals surface area (Å²) in [6.45, 7) is 4.66. The standard InChI is InChI=1S/C15H21F2NO2S/c1-5-15(6-2,21-4)9-18-11-8-7-10(14(19)20-3)12(16)13(11)17/h7-8,18H,5-6,9H2,1-4H3. The van der Waals surface area contributed by atoms with Crippen molar-refractivity contribution < 1.29 is 18.3 Å². The SMILES string of the molecule is CCC(CC)(CNc1ccc(C(=O)OC)c(F)c1F)SC. The lowest BCUT2D eigenvalue weighted by atomic mass is 10.0. The second kappa shape index (κ2) is 7.64. The fourth-order valence-corrected chi connectivity index (χ4v) is 2.86. The summed E-state index contributed by atoms with van der Waals surface area (Å²) in [5.74, 6) is -3.13. The lowest BCUT2D eigenvalue weighted by molar-refractivity contribution is 0.0594. The molecule has 0 aliphatic carbocycles. The van der Waals surface area contributed by atoms with Crippen LogP contribution in [0.15, 0.2) is 12.1 Å². The number of hydrogen-bond donors (Lipinski definition) is 1. The fourth-order valence-electron chi connectivity index (χ4n) is 2.07. The highest BCUT2D eigenvalue weighted by atomic mass is 32.2. The number of esters is 1. The molecule has 6 heteroatoms. The van der Waals surface area contributed by atoms with Gasteiger partial charge in [0.25, 0.3) is 0 Å². The van der Waals surface area contributed by atoms with Gasteiger partial charge in [-0.3, -0.25) is 0 Å². The molecule has 0 bridgehead atoms. The maximum absolute atomic E-state index is 14.0. The number of benzene rings is 1. The average Bonchev–Trinajstić information content (AvgIpc) is 2.52. The van der Waals surface area contributed by atoms with Gasteiger partial charge in [-0.15, -0.1) is 0 Å². The van der Waals surface area contributed by atoms with Crippen molar-refractivity contribution in [3.05, 3.63) is 29.3 Å². The van der Waals surface area contributed by atoms with E-state index < -0.39 is 23.2 Å². The number of nitrogens with one attached hydrogen (secondary N) is 1. The van der Waals surface area contributed by atoms with E-state index >= 15 is 0 Å². The number of halogens is 2. The summed E-state index contributed by atoms with van der Waals surface area (Å²) in [5, 5.41) is 2.94. The van der Waals surface area contributed by atoms with Gasteiger partial charge in [-0.1, -0.05) is 13.8 Å². The molecule has 0 aromatic heterocycles. The van der Waals surface area contributed by atoms with Crippen LogP contribution in [0.1, 0.15) is 37.0 Å². The lowest BCUT2D eigenvalue weighted by Gasteiger charge is -2.30. The maximum atomic E-state index is 14.0. The number of anilines is 1. The van der Waals surface area contributed by atoms with Gasteiger partial charge >= 0.3 is 5.97 Å². The van der Waals surface area contributed by atoms with E-state index in [1.54, 1.807) is 11.8 Å². The molecule has 0 aliphatic heterocycles. The van der Waals surface area contributed by atoms with Gasteiger partial charge in [-0.05, 0) is 31.2 Å². The van der Waals surface area contributed by atoms with E-state index in [2.05, 4.69) is 23.9 Å². The Balaban J connectivity index is 2.96. The minimum Gasteiger partial charge on any atom is -0.465 e. The molecular weight excluding hydrogens is 296 g/mol. The Bertz CT molecular complexity index is 496. The van der Waals surface area contributed by atoms with E-state index in [4.69, 9.17) is 0 Å². The van der Waals surface area contributed by atoms with Crippen LogP contribution < -0.4 is 5.32 Å². The first-order valence-corrected chi connectivity index (χ1v) is 8.02. The molecule has 0 saturated carbocycles. The molecule has 0 radical (unpaired) electrons. The predicted molar refractivity (Wildman–Crippen MR) is 83.0 cm³/mol. The van der Waals surface area contributed by atoms with Crippen molar-refractivity contribution in [1.29, 1.82) is 0 Å². The maximum Gasteiger partial charge on any atom is 0.340 e. The number of hydrogen-bond acceptors (Lipinski definition) is 4. The third-order valence-electron chi connectivity index (χ3n) is 3.81. The van der Waals surface area contributed by atoms with Crippen molar-refractivity contribution >= 4 is 23.4 Å². The van der Waals surface area contributed by atoms with Crippen LogP contribution in [-0.4, -0.2) is 30.6 Å². The summed E-state index contributed by atoms with van der Waals surface area (Å²) in [6.07, 6.45) is 3.84. The van der Waals surface area contributed by atoms with Crippen molar-refractivity contribution in [3.8, 4) is 0 Å². The summed E-state index contributed by atoms with van der Waals surface area (Å²) >= 11 is 1.71. The minimum absolute atomic E-state index is 0.0239. The Morgan fingerprint density at radius 3 is 2.38 bits per heavy atom. The van der Waals surface area contributed by atoms with E-state index in [-0.39, 0.29) is 10.4 Å². The van der Waals surface area contributed by atoms with Crippen LogP contribution >= 0.6 is 11.8 Å². The van der Waals surface area contributed by atoms with Gasteiger partial charge in [0.2, 0.25) is 0 Å². The summed E-state index contributed by atoms with van der Waals surface area (Å²) in [7, 11) is 1.13. The number of carbonyl (C=O) groups is 1. The largest absolute Gasteiger partial charge is 0.465 e. The average molecular weight is 317 g/mol. The normalized spacial score (nSPS) is 11.3. The van der Waals surface area contributed by atoms with Gasteiger partial charge in [0, 0.05) is 11.3 Å². The fraction of sp³-hybridized carbons (Fsp3) is 0.533. The monoisotopic (exact) mass is 317 g/mol. The zero-order valence-electron chi connectivity index (χ0n) is 12.8. The van der Waals surface area contributed by atoms with Crippen LogP contribution in [0, 0.1) is 11.6 Å². The van der Waals surface area contributed by atoms with Crippen LogP contribution in [0.5, 0.6) is 0 Å². The molecule has 0 heterocycles. The van der Waals surface area contributed by atoms with Gasteiger partial charge in [-0.25, -0.2) is 13.6 Å². The van der Waals surface area contributed by atoms with Crippen LogP contribution in [0.25, 0.3) is 0 Å². The third-order valence-corrected chi connectivity index (χ3v) is 5.40. The van der Waals surface area contributed by atoms with E-state index in [1.165, 1.54) is 12.1 Å². The molecule has 0 unspecified atom stereocenters. The molecule has 1 aromatic carbocycles. The Morgan fingerprint density at radius 2 is 1.90 bits per heavy atom. The first-order valence-electron chi connectivity index (χ1n) is 6.80. The van der Waals surface area contributed by atoms with Gasteiger partial charge in [0.05, 0.1) is 18.4 Å². The van der Waals surface area contributed by atoms with Crippen molar-refractivity contribution in [1.82, 2.24) is 0 Å². The van der Waals surface area contributed by atoms with Gasteiger partial charge in [0.1, 0.15) is 0 Å². The number of rotatable bonds is 7. The van der Waals surface area contributed by atoms with Crippen LogP contribution in [0.2, 0.25) is 0 Å². The smallest absolute Gasteiger partial charge is 0.340 e. The zero-order valence-corrected chi connectivity index (χ0v) is 13.6. The molecule has 118 valence electrons. The molecular formula is C15H21F2NO2S. The molecule has 1 N–H and O–H groups in total. The molecule has 0 fully saturated rings. The van der Waals surface area contributed by atoms with Crippen molar-refractivity contribution in [3.63, 3.8) is 0 Å². The highest BCUT2D eigenvalue weighted by molar-refractivity contribution is 8.00. The first kappa shape index (κ1) is 17.8. The highest BCUT2D eigenvalue weighted by Crippen LogP contribution is 2.31. The second-order valence-corrected chi connectivity index (χ2v) is 6.00. The van der Waals surface area contributed by atoms with Gasteiger partial charge in [0.15, 0.2) is 11.6 Å². The van der Waals surface area contributed by atoms with E-state index in [9.17, 15) is 13.6 Å². The Kier molecular flexibility index (Phi) is 6.45. The van der Waals surface area contributed by atoms with Crippen LogP contribution in [-0.2, 0) is 4.74 Å². The van der Waals surface area contributed by atoms with Crippen molar-refractivity contribution in [2.75, 3.05) is 25.2 Å². The minimum atomic E-state index is -1.19. The Labute approximate surface area is 128 Å². The third kappa shape index (κ3) is 3.87. The molecule has 21 heavy (non-hydrogen) atoms. The highest BCUT2D eigenvalue weighted by Gasteiger charge is 2.26. The summed E-state index contributed by atoms with van der Waals surface area (Å²) in [6, 6.07) is 2.59. The molecule has 0 spiro atoms. The topological polar surface area (TPSA) is 38.3 Å². The van der Waals surface area contributed by atoms with Crippen LogP contribution in [0.3, 0.4) is 0 Å². The first-order chi connectivity index (χ1) is 9.94. The lowest BCUT2D eigenvalue weighted by Crippen LogP contribution is -2.32. The van der Waals surface area contributed by atoms with E-state index in [0.717, 1.165) is 20.0 Å². The van der Waals surface area contributed by atoms with Gasteiger partial charge < -0.3 is 10.1 Å². The quantitative estimate of drug-likeness (QED) is 0.769. The summed E-state index contributed by atoms with van der Waals surface area (Å²) in [5.41, 5.74) is -0.344. The Morgan fingerprint density at radius 1 is 1.29 bits per heavy atom. The van der Waals surface area contributed by atoms with E-state index in [1.807, 2.05) is 6.26 Å². The van der Waals surface area contributed by atoms with Crippen molar-refractivity contribution in [2.45, 2.75) is 31.4 Å². The number of carbonyl (C=O) groups excluding carboxylic acids is 1. The predicted octanol–water partition coefficient (Wildman–Crippen LogP) is 4.09. The van der Waals surface area contributed by atoms with Crippen molar-refractivity contribution in [2.24, 2.45) is 0 Å². The van der Waals surface area contributed by atoms with E-state index in [0.29, 0.717) is 6.54 Å². The molecule has 0 amide bonds. The second-order valence-electron chi connectivity index (χ2n) is 4.73. The number of methoxy groups -OCH3 is 1. The zero-order chi connectivity index (χ0) is 16.0. The molecule has 1 aromatic rings. The van der Waals surface area contributed by atoms with Gasteiger partial charge in [-0.2, -0.15) is 11.8 Å². The number of ether oxygens (including phenoxy) is 1. The molecule has 0 aliphatic rings. The molecule has 3 nitrogen and oxygen atoms in total. The summed E-state index contributed by atoms with van der Waals surface area (Å²) < 4.78 is 32.2.